The molecule has 1 N–H and O–H groups in total. The van der Waals surface area contributed by atoms with Gasteiger partial charge in [0.15, 0.2) is 5.13 Å². The minimum absolute atomic E-state index is 0.133. The van der Waals surface area contributed by atoms with Gasteiger partial charge in [-0.25, -0.2) is 9.97 Å². The average Bonchev–Trinajstić information content (AvgIpc) is 3.26. The van der Waals surface area contributed by atoms with Gasteiger partial charge in [-0.05, 0) is 38.3 Å². The monoisotopic (exact) mass is 386 g/mol. The molecule has 5 nitrogen and oxygen atoms in total. The molecule has 1 aromatic carbocycles. The fourth-order valence-corrected chi connectivity index (χ4v) is 5.14. The van der Waals surface area contributed by atoms with Crippen LogP contribution in [0, 0.1) is 6.92 Å². The first-order valence-electron chi connectivity index (χ1n) is 8.98. The Morgan fingerprint density at radius 2 is 2.27 bits per heavy atom. The maximum absolute atomic E-state index is 12.3. The Kier molecular flexibility index (Phi) is 5.17. The van der Waals surface area contributed by atoms with E-state index in [1.165, 1.54) is 9.58 Å². The first-order valence-corrected chi connectivity index (χ1v) is 10.7. The fraction of sp³-hybridized carbons (Fsp3) is 0.421. The molecule has 0 bridgehead atoms. The van der Waals surface area contributed by atoms with Crippen molar-refractivity contribution in [2.24, 2.45) is 0 Å². The summed E-state index contributed by atoms with van der Waals surface area (Å²) in [7, 11) is 0. The zero-order valence-corrected chi connectivity index (χ0v) is 16.4. The van der Waals surface area contributed by atoms with Crippen molar-refractivity contribution in [2.75, 3.05) is 18.0 Å². The molecule has 0 saturated carbocycles. The van der Waals surface area contributed by atoms with E-state index in [2.05, 4.69) is 27.3 Å². The van der Waals surface area contributed by atoms with Crippen molar-refractivity contribution >= 4 is 43.9 Å². The van der Waals surface area contributed by atoms with Gasteiger partial charge in [-0.2, -0.15) is 0 Å². The number of thiazole rings is 2. The molecule has 2 aromatic heterocycles. The Hall–Kier alpha value is -1.99. The third-order valence-corrected chi connectivity index (χ3v) is 6.86. The number of nitrogens with one attached hydrogen (secondary N) is 1. The summed E-state index contributed by atoms with van der Waals surface area (Å²) < 4.78 is 1.22. The zero-order valence-electron chi connectivity index (χ0n) is 14.8. The van der Waals surface area contributed by atoms with Gasteiger partial charge in [0.05, 0.1) is 21.4 Å². The van der Waals surface area contributed by atoms with Gasteiger partial charge in [-0.1, -0.05) is 23.5 Å². The van der Waals surface area contributed by atoms with Gasteiger partial charge >= 0.3 is 0 Å². The lowest BCUT2D eigenvalue weighted by atomic mass is 10.1. The van der Waals surface area contributed by atoms with Crippen molar-refractivity contribution in [3.8, 4) is 0 Å². The fourth-order valence-electron chi connectivity index (χ4n) is 3.36. The Morgan fingerprint density at radius 1 is 1.38 bits per heavy atom. The predicted octanol–water partition coefficient (Wildman–Crippen LogP) is 3.78. The molecule has 7 heteroatoms. The normalized spacial score (nSPS) is 17.6. The largest absolute Gasteiger partial charge is 0.352 e. The highest BCUT2D eigenvalue weighted by molar-refractivity contribution is 7.22. The molecular weight excluding hydrogens is 364 g/mol. The first-order chi connectivity index (χ1) is 12.7. The molecule has 1 aliphatic rings. The van der Waals surface area contributed by atoms with Crippen LogP contribution < -0.4 is 10.2 Å². The van der Waals surface area contributed by atoms with Crippen LogP contribution in [0.3, 0.4) is 0 Å². The summed E-state index contributed by atoms with van der Waals surface area (Å²) in [5.74, 6) is 0.133. The van der Waals surface area contributed by atoms with Crippen molar-refractivity contribution in [3.63, 3.8) is 0 Å². The molecule has 26 heavy (non-hydrogen) atoms. The van der Waals surface area contributed by atoms with E-state index in [1.807, 2.05) is 24.6 Å². The second-order valence-corrected chi connectivity index (χ2v) is 8.63. The first kappa shape index (κ1) is 17.4. The molecule has 0 aliphatic carbocycles. The van der Waals surface area contributed by atoms with Crippen LogP contribution in [0.15, 0.2) is 29.8 Å². The second-order valence-electron chi connectivity index (χ2n) is 6.68. The summed E-state index contributed by atoms with van der Waals surface area (Å²) in [5, 5.41) is 4.28. The number of para-hydroxylation sites is 1. The maximum atomic E-state index is 12.3. The van der Waals surface area contributed by atoms with Gasteiger partial charge in [0.2, 0.25) is 5.91 Å². The SMILES string of the molecule is Cc1ncsc1CCC(=O)N[C@@H]1CCCN(c2nc3ccccc3s2)C1. The van der Waals surface area contributed by atoms with Crippen LogP contribution in [0.5, 0.6) is 0 Å². The van der Waals surface area contributed by atoms with E-state index in [1.54, 1.807) is 22.7 Å². The number of fused-ring (bicyclic) bond motifs is 1. The van der Waals surface area contributed by atoms with E-state index < -0.39 is 0 Å². The van der Waals surface area contributed by atoms with E-state index in [9.17, 15) is 4.79 Å². The summed E-state index contributed by atoms with van der Waals surface area (Å²) in [6, 6.07) is 8.44. The summed E-state index contributed by atoms with van der Waals surface area (Å²) in [4.78, 5) is 24.9. The van der Waals surface area contributed by atoms with Gasteiger partial charge in [0, 0.05) is 30.4 Å². The Morgan fingerprint density at radius 3 is 3.08 bits per heavy atom. The van der Waals surface area contributed by atoms with E-state index in [-0.39, 0.29) is 11.9 Å². The molecule has 3 heterocycles. The second kappa shape index (κ2) is 7.72. The molecule has 0 spiro atoms. The van der Waals surface area contributed by atoms with Crippen LogP contribution in [0.25, 0.3) is 10.2 Å². The Bertz CT molecular complexity index is 871. The molecule has 3 aromatic rings. The molecule has 136 valence electrons. The standard InChI is InChI=1S/C19H22N4OS2/c1-13-16(25-12-20-13)8-9-18(24)21-14-5-4-10-23(11-14)19-22-15-6-2-3-7-17(15)26-19/h2-3,6-7,12,14H,4-5,8-11H2,1H3,(H,21,24)/t14-/m1/s1. The molecule has 1 saturated heterocycles. The number of anilines is 1. The van der Waals surface area contributed by atoms with Gasteiger partial charge in [0.1, 0.15) is 0 Å². The summed E-state index contributed by atoms with van der Waals surface area (Å²) in [6.45, 7) is 3.85. The van der Waals surface area contributed by atoms with Crippen molar-refractivity contribution < 1.29 is 4.79 Å². The molecule has 1 aliphatic heterocycles. The van der Waals surface area contributed by atoms with E-state index in [0.29, 0.717) is 6.42 Å². The summed E-state index contributed by atoms with van der Waals surface area (Å²) in [5.41, 5.74) is 3.95. The number of amides is 1. The van der Waals surface area contributed by atoms with Gasteiger partial charge in [0.25, 0.3) is 0 Å². The lowest BCUT2D eigenvalue weighted by Crippen LogP contribution is -2.47. The van der Waals surface area contributed by atoms with Gasteiger partial charge < -0.3 is 10.2 Å². The smallest absolute Gasteiger partial charge is 0.220 e. The van der Waals surface area contributed by atoms with Crippen LogP contribution in [-0.2, 0) is 11.2 Å². The topological polar surface area (TPSA) is 58.1 Å². The van der Waals surface area contributed by atoms with Gasteiger partial charge in [-0.15, -0.1) is 11.3 Å². The van der Waals surface area contributed by atoms with E-state index in [4.69, 9.17) is 4.98 Å². The van der Waals surface area contributed by atoms with Crippen molar-refractivity contribution in [1.82, 2.24) is 15.3 Å². The van der Waals surface area contributed by atoms with E-state index in [0.717, 1.165) is 48.7 Å². The number of carbonyl (C=O) groups excluding carboxylic acids is 1. The molecule has 1 amide bonds. The van der Waals surface area contributed by atoms with Crippen LogP contribution in [0.1, 0.15) is 29.8 Å². The number of hydrogen-bond donors (Lipinski definition) is 1. The predicted molar refractivity (Wildman–Crippen MR) is 108 cm³/mol. The number of benzene rings is 1. The number of aryl methyl sites for hydroxylation is 2. The molecular formula is C19H22N4OS2. The molecule has 1 fully saturated rings. The summed E-state index contributed by atoms with van der Waals surface area (Å²) in [6.07, 6.45) is 3.42. The Labute approximate surface area is 161 Å². The minimum Gasteiger partial charge on any atom is -0.352 e. The number of rotatable bonds is 5. The lowest BCUT2D eigenvalue weighted by molar-refractivity contribution is -0.121. The maximum Gasteiger partial charge on any atom is 0.220 e. The van der Waals surface area contributed by atoms with Gasteiger partial charge in [-0.3, -0.25) is 4.79 Å². The van der Waals surface area contributed by atoms with Crippen molar-refractivity contribution in [2.45, 2.75) is 38.6 Å². The van der Waals surface area contributed by atoms with Crippen LogP contribution in [-0.4, -0.2) is 35.0 Å². The summed E-state index contributed by atoms with van der Waals surface area (Å²) >= 11 is 3.36. The average molecular weight is 387 g/mol. The third kappa shape index (κ3) is 3.88. The Balaban J connectivity index is 1.34. The molecule has 4 rings (SSSR count). The number of nitrogens with zero attached hydrogens (tertiary/aromatic N) is 3. The highest BCUT2D eigenvalue weighted by Gasteiger charge is 2.23. The van der Waals surface area contributed by atoms with E-state index >= 15 is 0 Å². The van der Waals surface area contributed by atoms with Crippen LogP contribution >= 0.6 is 22.7 Å². The number of hydrogen-bond acceptors (Lipinski definition) is 6. The molecule has 0 unspecified atom stereocenters. The highest BCUT2D eigenvalue weighted by Crippen LogP contribution is 2.30. The number of carbonyl (C=O) groups is 1. The number of piperidine rings is 1. The molecule has 0 radical (unpaired) electrons. The van der Waals surface area contributed by atoms with Crippen molar-refractivity contribution in [1.29, 1.82) is 0 Å². The molecule has 1 atom stereocenters. The zero-order chi connectivity index (χ0) is 17.9. The number of aromatic nitrogens is 2. The van der Waals surface area contributed by atoms with Crippen LogP contribution in [0.4, 0.5) is 5.13 Å². The van der Waals surface area contributed by atoms with Crippen LogP contribution in [0.2, 0.25) is 0 Å². The minimum atomic E-state index is 0.133. The lowest BCUT2D eigenvalue weighted by Gasteiger charge is -2.33. The van der Waals surface area contributed by atoms with Crippen molar-refractivity contribution in [3.05, 3.63) is 40.3 Å². The third-order valence-electron chi connectivity index (χ3n) is 4.76. The highest BCUT2D eigenvalue weighted by atomic mass is 32.1. The quantitative estimate of drug-likeness (QED) is 0.725.